The number of aliphatic hydroxyl groups excluding tert-OH is 1. The summed E-state index contributed by atoms with van der Waals surface area (Å²) in [6.07, 6.45) is 7.22. The van der Waals surface area contributed by atoms with Crippen LogP contribution in [-0.4, -0.2) is 14.7 Å². The Labute approximate surface area is 85.8 Å². The van der Waals surface area contributed by atoms with Gasteiger partial charge in [0, 0.05) is 6.54 Å². The van der Waals surface area contributed by atoms with Crippen molar-refractivity contribution < 1.29 is 5.11 Å². The van der Waals surface area contributed by atoms with Gasteiger partial charge in [-0.1, -0.05) is 26.7 Å². The molecule has 1 aromatic heterocycles. The molecule has 0 saturated carbocycles. The highest BCUT2D eigenvalue weighted by Gasteiger charge is 2.00. The third-order valence-electron chi connectivity index (χ3n) is 2.39. The molecule has 3 heteroatoms. The van der Waals surface area contributed by atoms with E-state index in [0.717, 1.165) is 18.2 Å². The fraction of sp³-hybridized carbons (Fsp3) is 0.727. The Kier molecular flexibility index (Phi) is 4.66. The van der Waals surface area contributed by atoms with E-state index in [0.29, 0.717) is 0 Å². The highest BCUT2D eigenvalue weighted by Crippen LogP contribution is 2.08. The molecule has 0 radical (unpaired) electrons. The van der Waals surface area contributed by atoms with Crippen LogP contribution in [-0.2, 0) is 13.2 Å². The van der Waals surface area contributed by atoms with Crippen molar-refractivity contribution in [2.75, 3.05) is 0 Å². The van der Waals surface area contributed by atoms with Crippen LogP contribution in [0.4, 0.5) is 0 Å². The highest BCUT2D eigenvalue weighted by atomic mass is 16.3. The number of hydrogen-bond donors (Lipinski definition) is 1. The Morgan fingerprint density at radius 3 is 2.86 bits per heavy atom. The van der Waals surface area contributed by atoms with E-state index in [1.54, 1.807) is 12.5 Å². The molecule has 0 aliphatic carbocycles. The predicted octanol–water partition coefficient (Wildman–Crippen LogP) is 2.20. The smallest absolute Gasteiger partial charge is 0.0948 e. The molecule has 1 heterocycles. The first-order chi connectivity index (χ1) is 6.74. The molecule has 14 heavy (non-hydrogen) atoms. The van der Waals surface area contributed by atoms with E-state index in [1.807, 2.05) is 4.57 Å². The Morgan fingerprint density at radius 1 is 1.43 bits per heavy atom. The normalized spacial score (nSPS) is 11.1. The number of rotatable bonds is 6. The van der Waals surface area contributed by atoms with Crippen LogP contribution < -0.4 is 0 Å². The summed E-state index contributed by atoms with van der Waals surface area (Å²) in [7, 11) is 0. The summed E-state index contributed by atoms with van der Waals surface area (Å²) in [6, 6.07) is 0. The Balaban J connectivity index is 2.24. The molecule has 0 unspecified atom stereocenters. The molecular weight excluding hydrogens is 176 g/mol. The molecular formula is C11H20N2O. The van der Waals surface area contributed by atoms with Crippen molar-refractivity contribution in [1.82, 2.24) is 9.55 Å². The van der Waals surface area contributed by atoms with Crippen LogP contribution in [0.3, 0.4) is 0 Å². The molecule has 1 aromatic rings. The summed E-state index contributed by atoms with van der Waals surface area (Å²) in [5.41, 5.74) is 0.912. The summed E-state index contributed by atoms with van der Waals surface area (Å²) in [5.74, 6) is 0.787. The summed E-state index contributed by atoms with van der Waals surface area (Å²) in [4.78, 5) is 4.01. The van der Waals surface area contributed by atoms with E-state index in [9.17, 15) is 0 Å². The van der Waals surface area contributed by atoms with E-state index >= 15 is 0 Å². The molecule has 0 saturated heterocycles. The number of aryl methyl sites for hydroxylation is 1. The molecule has 0 atom stereocenters. The fourth-order valence-corrected chi connectivity index (χ4v) is 1.52. The molecule has 0 bridgehead atoms. The van der Waals surface area contributed by atoms with Crippen molar-refractivity contribution in [2.24, 2.45) is 5.92 Å². The van der Waals surface area contributed by atoms with Crippen molar-refractivity contribution in [1.29, 1.82) is 0 Å². The van der Waals surface area contributed by atoms with Crippen LogP contribution in [0, 0.1) is 5.92 Å². The minimum Gasteiger partial charge on any atom is -0.390 e. The maximum atomic E-state index is 8.99. The first-order valence-corrected chi connectivity index (χ1v) is 5.34. The third-order valence-corrected chi connectivity index (χ3v) is 2.39. The average Bonchev–Trinajstić information content (AvgIpc) is 2.59. The Bertz CT molecular complexity index is 256. The molecule has 0 aromatic carbocycles. The summed E-state index contributed by atoms with van der Waals surface area (Å²) >= 11 is 0. The van der Waals surface area contributed by atoms with Gasteiger partial charge in [-0.3, -0.25) is 0 Å². The SMILES string of the molecule is CC(C)CCCCn1cncc1CO. The second-order valence-electron chi connectivity index (χ2n) is 4.13. The number of nitrogens with zero attached hydrogens (tertiary/aromatic N) is 2. The van der Waals surface area contributed by atoms with Gasteiger partial charge in [0.25, 0.3) is 0 Å². The molecule has 0 spiro atoms. The van der Waals surface area contributed by atoms with Gasteiger partial charge in [-0.2, -0.15) is 0 Å². The molecule has 0 aliphatic rings. The van der Waals surface area contributed by atoms with Crippen LogP contribution in [0.1, 0.15) is 38.8 Å². The highest BCUT2D eigenvalue weighted by molar-refractivity contribution is 4.95. The average molecular weight is 196 g/mol. The number of hydrogen-bond acceptors (Lipinski definition) is 2. The molecule has 0 fully saturated rings. The van der Waals surface area contributed by atoms with E-state index in [1.165, 1.54) is 19.3 Å². The van der Waals surface area contributed by atoms with Crippen LogP contribution >= 0.6 is 0 Å². The first kappa shape index (κ1) is 11.2. The van der Waals surface area contributed by atoms with E-state index < -0.39 is 0 Å². The summed E-state index contributed by atoms with van der Waals surface area (Å²) < 4.78 is 2.03. The van der Waals surface area contributed by atoms with Crippen molar-refractivity contribution >= 4 is 0 Å². The standard InChI is InChI=1S/C11H20N2O/c1-10(2)5-3-4-6-13-9-12-7-11(13)8-14/h7,9-10,14H,3-6,8H2,1-2H3. The second kappa shape index (κ2) is 5.81. The quantitative estimate of drug-likeness (QED) is 0.708. The van der Waals surface area contributed by atoms with Crippen LogP contribution in [0.15, 0.2) is 12.5 Å². The fourth-order valence-electron chi connectivity index (χ4n) is 1.52. The van der Waals surface area contributed by atoms with E-state index in [2.05, 4.69) is 18.8 Å². The molecule has 0 amide bonds. The first-order valence-electron chi connectivity index (χ1n) is 5.34. The van der Waals surface area contributed by atoms with Crippen LogP contribution in [0.2, 0.25) is 0 Å². The zero-order valence-corrected chi connectivity index (χ0v) is 9.11. The minimum atomic E-state index is 0.0875. The van der Waals surface area contributed by atoms with Crippen LogP contribution in [0.5, 0.6) is 0 Å². The van der Waals surface area contributed by atoms with E-state index in [4.69, 9.17) is 5.11 Å². The van der Waals surface area contributed by atoms with Crippen molar-refractivity contribution in [3.05, 3.63) is 18.2 Å². The Morgan fingerprint density at radius 2 is 2.21 bits per heavy atom. The van der Waals surface area contributed by atoms with Gasteiger partial charge in [0.1, 0.15) is 0 Å². The van der Waals surface area contributed by atoms with Gasteiger partial charge < -0.3 is 9.67 Å². The monoisotopic (exact) mass is 196 g/mol. The summed E-state index contributed by atoms with van der Waals surface area (Å²) in [5, 5.41) is 8.99. The van der Waals surface area contributed by atoms with Gasteiger partial charge in [-0.25, -0.2) is 4.98 Å². The van der Waals surface area contributed by atoms with E-state index in [-0.39, 0.29) is 6.61 Å². The lowest BCUT2D eigenvalue weighted by molar-refractivity contribution is 0.270. The van der Waals surface area contributed by atoms with Crippen molar-refractivity contribution in [3.8, 4) is 0 Å². The lowest BCUT2D eigenvalue weighted by atomic mass is 10.1. The van der Waals surface area contributed by atoms with Crippen LogP contribution in [0.25, 0.3) is 0 Å². The largest absolute Gasteiger partial charge is 0.390 e. The second-order valence-corrected chi connectivity index (χ2v) is 4.13. The van der Waals surface area contributed by atoms with Gasteiger partial charge >= 0.3 is 0 Å². The van der Waals surface area contributed by atoms with Gasteiger partial charge in [-0.05, 0) is 12.3 Å². The van der Waals surface area contributed by atoms with Gasteiger partial charge in [-0.15, -0.1) is 0 Å². The molecule has 0 aliphatic heterocycles. The van der Waals surface area contributed by atoms with Crippen molar-refractivity contribution in [3.63, 3.8) is 0 Å². The lowest BCUT2D eigenvalue weighted by Crippen LogP contribution is -2.02. The van der Waals surface area contributed by atoms with Gasteiger partial charge in [0.15, 0.2) is 0 Å². The zero-order valence-electron chi connectivity index (χ0n) is 9.11. The summed E-state index contributed by atoms with van der Waals surface area (Å²) in [6.45, 7) is 5.56. The molecule has 1 N–H and O–H groups in total. The molecule has 3 nitrogen and oxygen atoms in total. The minimum absolute atomic E-state index is 0.0875. The topological polar surface area (TPSA) is 38.0 Å². The van der Waals surface area contributed by atoms with Crippen molar-refractivity contribution in [2.45, 2.75) is 46.3 Å². The number of imidazole rings is 1. The maximum absolute atomic E-state index is 8.99. The number of aliphatic hydroxyl groups is 1. The maximum Gasteiger partial charge on any atom is 0.0948 e. The zero-order chi connectivity index (χ0) is 10.4. The van der Waals surface area contributed by atoms with Gasteiger partial charge in [0.05, 0.1) is 24.8 Å². The van der Waals surface area contributed by atoms with Gasteiger partial charge in [0.2, 0.25) is 0 Å². The molecule has 1 rings (SSSR count). The Hall–Kier alpha value is -0.830. The molecule has 80 valence electrons. The number of aromatic nitrogens is 2. The number of unbranched alkanes of at least 4 members (excludes halogenated alkanes) is 1. The third kappa shape index (κ3) is 3.50. The predicted molar refractivity (Wildman–Crippen MR) is 56.8 cm³/mol. The lowest BCUT2D eigenvalue weighted by Gasteiger charge is -2.07.